The first-order valence-electron chi connectivity index (χ1n) is 7.91. The van der Waals surface area contributed by atoms with Crippen LogP contribution in [0.1, 0.15) is 51.9 Å². The van der Waals surface area contributed by atoms with Gasteiger partial charge in [-0.25, -0.2) is 0 Å². The topological polar surface area (TPSA) is 44.9 Å². The van der Waals surface area contributed by atoms with Crippen LogP contribution in [0.15, 0.2) is 0 Å². The summed E-state index contributed by atoms with van der Waals surface area (Å²) in [5.74, 6) is 0. The Balaban J connectivity index is 0. The van der Waals surface area contributed by atoms with Gasteiger partial charge in [-0.3, -0.25) is 0 Å². The molecule has 0 aromatic heterocycles. The molecule has 0 fully saturated rings. The summed E-state index contributed by atoms with van der Waals surface area (Å²) in [6, 6.07) is 0. The van der Waals surface area contributed by atoms with Crippen LogP contribution in [0, 0.1) is 0 Å². The van der Waals surface area contributed by atoms with Gasteiger partial charge in [-0.05, 0) is 12.8 Å². The van der Waals surface area contributed by atoms with E-state index in [1.807, 2.05) is 0 Å². The Bertz CT molecular complexity index is 268. The van der Waals surface area contributed by atoms with Gasteiger partial charge in [-0.15, -0.1) is 0 Å². The zero-order valence-corrected chi connectivity index (χ0v) is 14.5. The third-order valence-corrected chi connectivity index (χ3v) is 3.06. The molecule has 0 unspecified atom stereocenters. The van der Waals surface area contributed by atoms with E-state index in [0.29, 0.717) is 0 Å². The molecule has 0 aromatic rings. The van der Waals surface area contributed by atoms with Crippen LogP contribution in [-0.2, 0) is 0 Å². The Morgan fingerprint density at radius 2 is 1.00 bits per heavy atom. The number of aliphatic hydroxyl groups is 2. The van der Waals surface area contributed by atoms with E-state index in [1.54, 1.807) is 0 Å². The molecule has 23 heavy (non-hydrogen) atoms. The standard InChI is InChI=1S/C13H29NO2.F6P/c1-2-3-4-5-6-7-8-9-14(10-12-15)11-13-16;1-7(2,3,4,5)6/h15-16H,2-13H2,1H3;/q;-1/p+1. The molecule has 0 atom stereocenters. The van der Waals surface area contributed by atoms with Crippen molar-refractivity contribution in [1.29, 1.82) is 0 Å². The van der Waals surface area contributed by atoms with Crippen LogP contribution in [0.3, 0.4) is 0 Å². The second-order valence-corrected chi connectivity index (χ2v) is 7.44. The monoisotopic (exact) mass is 377 g/mol. The first-order valence-corrected chi connectivity index (χ1v) is 9.94. The number of halogens is 6. The van der Waals surface area contributed by atoms with E-state index < -0.39 is 7.81 Å². The summed E-state index contributed by atoms with van der Waals surface area (Å²) in [6.07, 6.45) is 9.28. The van der Waals surface area contributed by atoms with Crippen molar-refractivity contribution in [3.63, 3.8) is 0 Å². The SMILES string of the molecule is CCCCCCCCC[NH+](CCO)CCO.F[P-](F)(F)(F)(F)F. The molecule has 0 spiro atoms. The van der Waals surface area contributed by atoms with Crippen LogP contribution >= 0.6 is 7.81 Å². The Labute approximate surface area is 133 Å². The molecule has 0 amide bonds. The third kappa shape index (κ3) is 39.1. The molecule has 146 valence electrons. The van der Waals surface area contributed by atoms with Crippen LogP contribution in [0.4, 0.5) is 25.2 Å². The van der Waals surface area contributed by atoms with E-state index in [0.717, 1.165) is 19.6 Å². The van der Waals surface area contributed by atoms with Crippen molar-refractivity contribution in [3.8, 4) is 0 Å². The molecule has 10 heteroatoms. The molecule has 0 aliphatic heterocycles. The Morgan fingerprint density at radius 1 is 0.652 bits per heavy atom. The molecule has 0 aromatic carbocycles. The molecule has 0 saturated carbocycles. The number of hydrogen-bond donors (Lipinski definition) is 3. The quantitative estimate of drug-likeness (QED) is 0.274. The van der Waals surface area contributed by atoms with E-state index in [4.69, 9.17) is 10.2 Å². The molecule has 3 N–H and O–H groups in total. The number of rotatable bonds is 12. The molecule has 0 aliphatic carbocycles. The number of hydrogen-bond acceptors (Lipinski definition) is 2. The molecule has 3 nitrogen and oxygen atoms in total. The van der Waals surface area contributed by atoms with Crippen molar-refractivity contribution >= 4 is 7.81 Å². The number of unbranched alkanes of at least 4 members (excludes halogenated alkanes) is 6. The van der Waals surface area contributed by atoms with Crippen molar-refractivity contribution in [3.05, 3.63) is 0 Å². The zero-order chi connectivity index (χ0) is 18.5. The third-order valence-electron chi connectivity index (χ3n) is 3.06. The van der Waals surface area contributed by atoms with Crippen LogP contribution in [-0.4, -0.2) is 43.1 Å². The molecule has 0 bridgehead atoms. The van der Waals surface area contributed by atoms with Gasteiger partial charge in [0.25, 0.3) is 0 Å². The van der Waals surface area contributed by atoms with Crippen LogP contribution in [0.2, 0.25) is 0 Å². The normalized spacial score (nSPS) is 14.9. The van der Waals surface area contributed by atoms with Gasteiger partial charge in [0.2, 0.25) is 0 Å². The molecule has 0 rings (SSSR count). The molecule has 0 aliphatic rings. The molecule has 0 saturated heterocycles. The number of nitrogens with one attached hydrogen (secondary N) is 1. The minimum atomic E-state index is -10.7. The second kappa shape index (κ2) is 10.7. The first kappa shape index (κ1) is 25.1. The van der Waals surface area contributed by atoms with Gasteiger partial charge in [0.05, 0.1) is 19.8 Å². The summed E-state index contributed by atoms with van der Waals surface area (Å²) < 4.78 is 59.2. The van der Waals surface area contributed by atoms with Gasteiger partial charge in [-0.1, -0.05) is 39.0 Å². The Morgan fingerprint density at radius 3 is 1.35 bits per heavy atom. The summed E-state index contributed by atoms with van der Waals surface area (Å²) in [7, 11) is -10.7. The van der Waals surface area contributed by atoms with Crippen molar-refractivity contribution < 1.29 is 40.3 Å². The van der Waals surface area contributed by atoms with Crippen molar-refractivity contribution in [1.82, 2.24) is 0 Å². The van der Waals surface area contributed by atoms with E-state index in [-0.39, 0.29) is 13.2 Å². The van der Waals surface area contributed by atoms with Gasteiger partial charge in [0, 0.05) is 0 Å². The Kier molecular flexibility index (Phi) is 11.7. The predicted molar refractivity (Wildman–Crippen MR) is 81.3 cm³/mol. The van der Waals surface area contributed by atoms with Gasteiger partial charge in [0.1, 0.15) is 13.1 Å². The summed E-state index contributed by atoms with van der Waals surface area (Å²) in [6.45, 7) is 5.34. The zero-order valence-electron chi connectivity index (χ0n) is 13.6. The fraction of sp³-hybridized carbons (Fsp3) is 1.00. The number of quaternary nitrogens is 1. The van der Waals surface area contributed by atoms with Gasteiger partial charge in [-0.2, -0.15) is 0 Å². The molecule has 0 radical (unpaired) electrons. The fourth-order valence-corrected chi connectivity index (χ4v) is 2.02. The molecule has 0 heterocycles. The summed E-state index contributed by atoms with van der Waals surface area (Å²) in [5, 5.41) is 17.7. The summed E-state index contributed by atoms with van der Waals surface area (Å²) >= 11 is 0. The fourth-order valence-electron chi connectivity index (χ4n) is 2.02. The van der Waals surface area contributed by atoms with Gasteiger partial charge in [0.15, 0.2) is 0 Å². The van der Waals surface area contributed by atoms with E-state index in [1.165, 1.54) is 49.8 Å². The van der Waals surface area contributed by atoms with E-state index >= 15 is 0 Å². The first-order chi connectivity index (χ1) is 10.3. The summed E-state index contributed by atoms with van der Waals surface area (Å²) in [5.41, 5.74) is 0. The minimum absolute atomic E-state index is 0.228. The average molecular weight is 377 g/mol. The van der Waals surface area contributed by atoms with Crippen molar-refractivity contribution in [2.75, 3.05) is 32.8 Å². The summed E-state index contributed by atoms with van der Waals surface area (Å²) in [4.78, 5) is 1.33. The van der Waals surface area contributed by atoms with Crippen molar-refractivity contribution in [2.45, 2.75) is 51.9 Å². The van der Waals surface area contributed by atoms with Crippen LogP contribution < -0.4 is 4.90 Å². The van der Waals surface area contributed by atoms with Gasteiger partial charge >= 0.3 is 33.0 Å². The van der Waals surface area contributed by atoms with Gasteiger partial charge < -0.3 is 15.1 Å². The van der Waals surface area contributed by atoms with Crippen LogP contribution in [0.5, 0.6) is 0 Å². The predicted octanol–water partition coefficient (Wildman–Crippen LogP) is 3.99. The maximum atomic E-state index is 9.87. The molecular formula is C13H30F6NO2P. The second-order valence-electron chi connectivity index (χ2n) is 5.53. The Hall–Kier alpha value is -0.110. The van der Waals surface area contributed by atoms with E-state index in [9.17, 15) is 25.2 Å². The average Bonchev–Trinajstić information content (AvgIpc) is 2.34. The molecular weight excluding hydrogens is 347 g/mol. The number of aliphatic hydroxyl groups excluding tert-OH is 2. The van der Waals surface area contributed by atoms with E-state index in [2.05, 4.69) is 6.92 Å². The van der Waals surface area contributed by atoms with Crippen LogP contribution in [0.25, 0.3) is 0 Å². The maximum absolute atomic E-state index is 10.7. The van der Waals surface area contributed by atoms with Crippen molar-refractivity contribution in [2.24, 2.45) is 0 Å².